The van der Waals surface area contributed by atoms with Gasteiger partial charge >= 0.3 is 0 Å². The van der Waals surface area contributed by atoms with Crippen LogP contribution in [0.5, 0.6) is 0 Å². The summed E-state index contributed by atoms with van der Waals surface area (Å²) in [6.45, 7) is -0.140. The lowest BCUT2D eigenvalue weighted by atomic mass is 10.1. The first kappa shape index (κ1) is 18.1. The van der Waals surface area contributed by atoms with Crippen LogP contribution in [0, 0.1) is 10.1 Å². The number of hydrogen-bond donors (Lipinski definition) is 1. The number of nitrogens with one attached hydrogen (secondary N) is 1. The third-order valence-corrected chi connectivity index (χ3v) is 4.12. The first-order valence-corrected chi connectivity index (χ1v) is 8.23. The van der Waals surface area contributed by atoms with Crippen molar-refractivity contribution in [3.63, 3.8) is 0 Å². The number of benzene rings is 3. The highest BCUT2D eigenvalue weighted by Crippen LogP contribution is 2.23. The average molecular weight is 363 g/mol. The van der Waals surface area contributed by atoms with Gasteiger partial charge in [0.05, 0.1) is 11.5 Å². The number of nitro benzene ring substituents is 1. The molecule has 0 fully saturated rings. The fourth-order valence-corrected chi connectivity index (χ4v) is 2.76. The molecular weight excluding hydrogens is 346 g/mol. The van der Waals surface area contributed by atoms with E-state index in [2.05, 4.69) is 5.32 Å². The second kappa shape index (κ2) is 7.65. The van der Waals surface area contributed by atoms with E-state index in [4.69, 9.17) is 0 Å². The molecule has 0 aliphatic rings. The molecule has 0 aromatic heterocycles. The van der Waals surface area contributed by atoms with Crippen LogP contribution < -0.4 is 5.32 Å². The molecule has 0 atom stereocenters. The second-order valence-electron chi connectivity index (χ2n) is 6.04. The summed E-state index contributed by atoms with van der Waals surface area (Å²) in [5.41, 5.74) is 0.859. The molecule has 1 N–H and O–H groups in total. The Balaban J connectivity index is 1.68. The Hall–Kier alpha value is -3.74. The molecule has 7 heteroatoms. The zero-order valence-electron chi connectivity index (χ0n) is 14.6. The molecule has 27 heavy (non-hydrogen) atoms. The van der Waals surface area contributed by atoms with Gasteiger partial charge in [-0.05, 0) is 23.6 Å². The molecule has 7 nitrogen and oxygen atoms in total. The lowest BCUT2D eigenvalue weighted by Gasteiger charge is -2.17. The number of likely N-dealkylation sites (N-methyl/N-ethyl adjacent to an activating group) is 1. The highest BCUT2D eigenvalue weighted by Gasteiger charge is 2.16. The quantitative estimate of drug-likeness (QED) is 0.555. The first-order valence-electron chi connectivity index (χ1n) is 8.23. The van der Waals surface area contributed by atoms with Crippen LogP contribution in [0.3, 0.4) is 0 Å². The summed E-state index contributed by atoms with van der Waals surface area (Å²) in [6, 6.07) is 18.6. The fraction of sp³-hybridized carbons (Fsp3) is 0.100. The summed E-state index contributed by atoms with van der Waals surface area (Å²) in [5.74, 6) is -0.720. The van der Waals surface area contributed by atoms with Crippen molar-refractivity contribution in [2.24, 2.45) is 0 Å². The largest absolute Gasteiger partial charge is 0.332 e. The van der Waals surface area contributed by atoms with Gasteiger partial charge in [0.15, 0.2) is 0 Å². The summed E-state index contributed by atoms with van der Waals surface area (Å²) < 4.78 is 0. The molecule has 0 aliphatic heterocycles. The smallest absolute Gasteiger partial charge is 0.269 e. The van der Waals surface area contributed by atoms with E-state index in [1.54, 1.807) is 6.07 Å². The maximum absolute atomic E-state index is 12.4. The summed E-state index contributed by atoms with van der Waals surface area (Å²) in [4.78, 5) is 36.2. The van der Waals surface area contributed by atoms with Crippen molar-refractivity contribution in [3.8, 4) is 0 Å². The van der Waals surface area contributed by atoms with E-state index in [9.17, 15) is 19.7 Å². The van der Waals surface area contributed by atoms with E-state index in [0.29, 0.717) is 5.69 Å². The number of carbonyl (C=O) groups excluding carboxylic acids is 2. The number of rotatable bonds is 5. The minimum atomic E-state index is -0.532. The lowest BCUT2D eigenvalue weighted by Crippen LogP contribution is -2.34. The molecule has 3 rings (SSSR count). The lowest BCUT2D eigenvalue weighted by molar-refractivity contribution is -0.384. The van der Waals surface area contributed by atoms with Crippen molar-refractivity contribution < 1.29 is 14.5 Å². The topological polar surface area (TPSA) is 92.6 Å². The SMILES string of the molecule is CN(CC(=O)Nc1cccc2ccccc12)C(=O)c1ccc([N+](=O)[O-])cc1. The summed E-state index contributed by atoms with van der Waals surface area (Å²) in [5, 5.41) is 15.4. The average Bonchev–Trinajstić information content (AvgIpc) is 2.67. The van der Waals surface area contributed by atoms with E-state index in [1.165, 1.54) is 36.2 Å². The molecule has 0 heterocycles. The van der Waals surface area contributed by atoms with Crippen LogP contribution in [0.1, 0.15) is 10.4 Å². The molecule has 2 amide bonds. The number of amides is 2. The van der Waals surface area contributed by atoms with E-state index in [-0.39, 0.29) is 23.7 Å². The van der Waals surface area contributed by atoms with E-state index >= 15 is 0 Å². The van der Waals surface area contributed by atoms with Crippen LogP contribution in [0.4, 0.5) is 11.4 Å². The van der Waals surface area contributed by atoms with Crippen LogP contribution in [0.2, 0.25) is 0 Å². The monoisotopic (exact) mass is 363 g/mol. The molecule has 0 aliphatic carbocycles. The Bertz CT molecular complexity index is 1010. The predicted octanol–water partition coefficient (Wildman–Crippen LogP) is 3.46. The van der Waals surface area contributed by atoms with Crippen LogP contribution >= 0.6 is 0 Å². The van der Waals surface area contributed by atoms with Crippen molar-refractivity contribution in [1.82, 2.24) is 4.90 Å². The van der Waals surface area contributed by atoms with Crippen molar-refractivity contribution >= 4 is 34.0 Å². The Labute approximate surface area is 155 Å². The zero-order chi connectivity index (χ0) is 19.4. The molecule has 0 bridgehead atoms. The molecule has 0 unspecified atom stereocenters. The van der Waals surface area contributed by atoms with Crippen molar-refractivity contribution in [2.45, 2.75) is 0 Å². The second-order valence-corrected chi connectivity index (χ2v) is 6.04. The number of nitro groups is 1. The number of anilines is 1. The Morgan fingerprint density at radius 1 is 1.00 bits per heavy atom. The molecule has 0 radical (unpaired) electrons. The fourth-order valence-electron chi connectivity index (χ4n) is 2.76. The van der Waals surface area contributed by atoms with Crippen LogP contribution in [-0.4, -0.2) is 35.2 Å². The van der Waals surface area contributed by atoms with Crippen LogP contribution in [0.15, 0.2) is 66.7 Å². The van der Waals surface area contributed by atoms with Crippen LogP contribution in [-0.2, 0) is 4.79 Å². The van der Waals surface area contributed by atoms with Gasteiger partial charge in [-0.1, -0.05) is 36.4 Å². The van der Waals surface area contributed by atoms with Crippen molar-refractivity contribution in [1.29, 1.82) is 0 Å². The summed E-state index contributed by atoms with van der Waals surface area (Å²) >= 11 is 0. The van der Waals surface area contributed by atoms with Crippen molar-refractivity contribution in [2.75, 3.05) is 18.9 Å². The molecule has 3 aromatic carbocycles. The van der Waals surface area contributed by atoms with Gasteiger partial charge in [-0.15, -0.1) is 0 Å². The minimum absolute atomic E-state index is 0.0945. The zero-order valence-corrected chi connectivity index (χ0v) is 14.6. The molecular formula is C20H17N3O4. The van der Waals surface area contributed by atoms with Gasteiger partial charge in [0.2, 0.25) is 5.91 Å². The number of hydrogen-bond acceptors (Lipinski definition) is 4. The normalized spacial score (nSPS) is 10.4. The summed E-state index contributed by atoms with van der Waals surface area (Å²) in [6.07, 6.45) is 0. The summed E-state index contributed by atoms with van der Waals surface area (Å²) in [7, 11) is 1.51. The minimum Gasteiger partial charge on any atom is -0.332 e. The maximum Gasteiger partial charge on any atom is 0.269 e. The molecule has 3 aromatic rings. The van der Waals surface area contributed by atoms with Gasteiger partial charge < -0.3 is 10.2 Å². The highest BCUT2D eigenvalue weighted by atomic mass is 16.6. The third kappa shape index (κ3) is 4.09. The first-order chi connectivity index (χ1) is 13.0. The van der Waals surface area contributed by atoms with Gasteiger partial charge in [-0.25, -0.2) is 0 Å². The van der Waals surface area contributed by atoms with Gasteiger partial charge in [0.25, 0.3) is 11.6 Å². The predicted molar refractivity (Wildman–Crippen MR) is 103 cm³/mol. The van der Waals surface area contributed by atoms with Gasteiger partial charge in [-0.3, -0.25) is 19.7 Å². The number of non-ortho nitro benzene ring substituents is 1. The van der Waals surface area contributed by atoms with Gasteiger partial charge in [0.1, 0.15) is 0 Å². The highest BCUT2D eigenvalue weighted by molar-refractivity contribution is 6.04. The Morgan fingerprint density at radius 3 is 2.37 bits per heavy atom. The number of fused-ring (bicyclic) bond motifs is 1. The molecule has 0 saturated heterocycles. The van der Waals surface area contributed by atoms with Gasteiger partial charge in [-0.2, -0.15) is 0 Å². The van der Waals surface area contributed by atoms with E-state index < -0.39 is 10.8 Å². The Kier molecular flexibility index (Phi) is 5.12. The van der Waals surface area contributed by atoms with Crippen LogP contribution in [0.25, 0.3) is 10.8 Å². The van der Waals surface area contributed by atoms with E-state index in [0.717, 1.165) is 10.8 Å². The Morgan fingerprint density at radius 2 is 1.67 bits per heavy atom. The number of carbonyl (C=O) groups is 2. The molecule has 136 valence electrons. The van der Waals surface area contributed by atoms with Gasteiger partial charge in [0, 0.05) is 35.8 Å². The maximum atomic E-state index is 12.4. The van der Waals surface area contributed by atoms with E-state index in [1.807, 2.05) is 36.4 Å². The molecule has 0 saturated carbocycles. The molecule has 0 spiro atoms. The van der Waals surface area contributed by atoms with Crippen molar-refractivity contribution in [3.05, 3.63) is 82.4 Å². The standard InChI is InChI=1S/C20H17N3O4/c1-22(20(25)15-9-11-16(12-10-15)23(26)27)13-19(24)21-18-8-4-6-14-5-2-3-7-17(14)18/h2-12H,13H2,1H3,(H,21,24). The third-order valence-electron chi connectivity index (χ3n) is 4.12. The number of nitrogens with zero attached hydrogens (tertiary/aromatic N) is 2.